The van der Waals surface area contributed by atoms with E-state index in [2.05, 4.69) is 5.32 Å². The van der Waals surface area contributed by atoms with E-state index in [9.17, 15) is 5.11 Å². The number of aliphatic hydroxyl groups is 1. The molecular weight excluding hydrogens is 162 g/mol. The average molecular weight is 176 g/mol. The third-order valence-corrected chi connectivity index (χ3v) is 2.53. The monoisotopic (exact) mass is 176 g/mol. The number of nitrogens with zero attached hydrogens (tertiary/aromatic N) is 1. The zero-order valence-electron chi connectivity index (χ0n) is 7.56. The molecule has 13 heavy (non-hydrogen) atoms. The largest absolute Gasteiger partial charge is 0.387 e. The summed E-state index contributed by atoms with van der Waals surface area (Å²) in [5.41, 5.74) is 0.984. The Morgan fingerprint density at radius 1 is 1.31 bits per heavy atom. The maximum Gasteiger partial charge on any atom is 0.0959 e. The van der Waals surface area contributed by atoms with E-state index in [1.807, 2.05) is 30.3 Å². The lowest BCUT2D eigenvalue weighted by Crippen LogP contribution is -2.23. The normalized spacial score (nSPS) is 24.5. The second kappa shape index (κ2) is 3.90. The summed E-state index contributed by atoms with van der Waals surface area (Å²) in [5, 5.41) is 14.3. The Bertz CT molecular complexity index is 254. The van der Waals surface area contributed by atoms with E-state index in [1.54, 1.807) is 0 Å². The lowest BCUT2D eigenvalue weighted by molar-refractivity contribution is 0.136. The first-order chi connectivity index (χ1) is 6.38. The van der Waals surface area contributed by atoms with Crippen molar-refractivity contribution in [3.63, 3.8) is 0 Å². The van der Waals surface area contributed by atoms with Crippen LogP contribution < -0.4 is 5.32 Å². The third-order valence-electron chi connectivity index (χ3n) is 2.53. The number of rotatable bonds is 2. The maximum atomic E-state index is 9.93. The summed E-state index contributed by atoms with van der Waals surface area (Å²) in [6.45, 7) is 0.911. The highest BCUT2D eigenvalue weighted by molar-refractivity contribution is 5.19. The molecule has 0 bridgehead atoms. The van der Waals surface area contributed by atoms with Crippen LogP contribution in [-0.2, 0) is 0 Å². The van der Waals surface area contributed by atoms with Crippen molar-refractivity contribution in [3.05, 3.63) is 35.9 Å². The van der Waals surface area contributed by atoms with Crippen molar-refractivity contribution in [3.8, 4) is 0 Å². The molecule has 1 N–H and O–H groups in total. The van der Waals surface area contributed by atoms with Gasteiger partial charge >= 0.3 is 0 Å². The Morgan fingerprint density at radius 2 is 2.08 bits per heavy atom. The van der Waals surface area contributed by atoms with Crippen LogP contribution in [0.5, 0.6) is 0 Å². The zero-order chi connectivity index (χ0) is 9.10. The number of benzene rings is 1. The van der Waals surface area contributed by atoms with Gasteiger partial charge in [-0.05, 0) is 18.4 Å². The van der Waals surface area contributed by atoms with Crippen LogP contribution >= 0.6 is 0 Å². The average Bonchev–Trinajstić information content (AvgIpc) is 2.71. The van der Waals surface area contributed by atoms with E-state index in [-0.39, 0.29) is 6.04 Å². The molecule has 0 saturated carbocycles. The standard InChI is InChI=1S/C11H14NO/c13-11(10-7-4-8-12-10)9-5-2-1-3-6-9/h1-3,5-6,10-11,13H,4,7-8H2/t10-,11+/m0/s1. The van der Waals surface area contributed by atoms with Crippen molar-refractivity contribution in [2.45, 2.75) is 25.0 Å². The molecule has 2 atom stereocenters. The summed E-state index contributed by atoms with van der Waals surface area (Å²) >= 11 is 0. The molecule has 2 rings (SSSR count). The first kappa shape index (κ1) is 8.73. The van der Waals surface area contributed by atoms with Crippen molar-refractivity contribution in [2.75, 3.05) is 6.54 Å². The van der Waals surface area contributed by atoms with Crippen molar-refractivity contribution in [1.29, 1.82) is 0 Å². The molecule has 1 aliphatic heterocycles. The van der Waals surface area contributed by atoms with Gasteiger partial charge in [-0.2, -0.15) is 0 Å². The van der Waals surface area contributed by atoms with Gasteiger partial charge in [-0.3, -0.25) is 0 Å². The van der Waals surface area contributed by atoms with Crippen LogP contribution in [0.2, 0.25) is 0 Å². The van der Waals surface area contributed by atoms with Gasteiger partial charge in [-0.15, -0.1) is 0 Å². The Labute approximate surface area is 78.6 Å². The van der Waals surface area contributed by atoms with Crippen molar-refractivity contribution in [1.82, 2.24) is 5.32 Å². The molecule has 1 heterocycles. The minimum absolute atomic E-state index is 0.127. The summed E-state index contributed by atoms with van der Waals surface area (Å²) in [6, 6.07) is 9.91. The SMILES string of the molecule is O[C@H](c1ccccc1)[C@@H]1CCC[N]1. The topological polar surface area (TPSA) is 34.3 Å². The number of hydrogen-bond acceptors (Lipinski definition) is 1. The smallest absolute Gasteiger partial charge is 0.0959 e. The van der Waals surface area contributed by atoms with Crippen LogP contribution in [0.4, 0.5) is 0 Å². The van der Waals surface area contributed by atoms with Crippen molar-refractivity contribution < 1.29 is 5.11 Å². The van der Waals surface area contributed by atoms with Crippen molar-refractivity contribution in [2.24, 2.45) is 0 Å². The quantitative estimate of drug-likeness (QED) is 0.727. The number of aliphatic hydroxyl groups excluding tert-OH is 1. The Balaban J connectivity index is 2.08. The summed E-state index contributed by atoms with van der Waals surface area (Å²) in [4.78, 5) is 0. The highest BCUT2D eigenvalue weighted by atomic mass is 16.3. The van der Waals surface area contributed by atoms with Gasteiger partial charge in [0.15, 0.2) is 0 Å². The highest BCUT2D eigenvalue weighted by Gasteiger charge is 2.24. The second-order valence-electron chi connectivity index (χ2n) is 3.47. The predicted octanol–water partition coefficient (Wildman–Crippen LogP) is 1.49. The summed E-state index contributed by atoms with van der Waals surface area (Å²) < 4.78 is 0. The molecule has 1 radical (unpaired) electrons. The molecule has 0 aliphatic carbocycles. The van der Waals surface area contributed by atoms with E-state index in [4.69, 9.17) is 0 Å². The fraction of sp³-hybridized carbons (Fsp3) is 0.455. The van der Waals surface area contributed by atoms with Gasteiger partial charge in [0.25, 0.3) is 0 Å². The molecule has 0 aromatic heterocycles. The van der Waals surface area contributed by atoms with Crippen LogP contribution in [0.3, 0.4) is 0 Å². The van der Waals surface area contributed by atoms with Gasteiger partial charge in [0, 0.05) is 6.54 Å². The Hall–Kier alpha value is -0.860. The molecule has 69 valence electrons. The van der Waals surface area contributed by atoms with Gasteiger partial charge in [0.1, 0.15) is 0 Å². The van der Waals surface area contributed by atoms with E-state index >= 15 is 0 Å². The van der Waals surface area contributed by atoms with Gasteiger partial charge < -0.3 is 5.11 Å². The van der Waals surface area contributed by atoms with Crippen LogP contribution in [-0.4, -0.2) is 17.7 Å². The van der Waals surface area contributed by atoms with E-state index < -0.39 is 6.10 Å². The molecule has 0 spiro atoms. The second-order valence-corrected chi connectivity index (χ2v) is 3.47. The summed E-state index contributed by atoms with van der Waals surface area (Å²) in [5.74, 6) is 0. The summed E-state index contributed by atoms with van der Waals surface area (Å²) in [6.07, 6.45) is 1.74. The fourth-order valence-corrected chi connectivity index (χ4v) is 1.78. The zero-order valence-corrected chi connectivity index (χ0v) is 7.56. The molecule has 1 aromatic rings. The Kier molecular flexibility index (Phi) is 2.62. The summed E-state index contributed by atoms with van der Waals surface area (Å²) in [7, 11) is 0. The van der Waals surface area contributed by atoms with Gasteiger partial charge in [0.05, 0.1) is 12.1 Å². The molecule has 2 nitrogen and oxygen atoms in total. The fourth-order valence-electron chi connectivity index (χ4n) is 1.78. The first-order valence-corrected chi connectivity index (χ1v) is 4.77. The van der Waals surface area contributed by atoms with Crippen molar-refractivity contribution >= 4 is 0 Å². The number of hydrogen-bond donors (Lipinski definition) is 1. The molecule has 1 saturated heterocycles. The lowest BCUT2D eigenvalue weighted by Gasteiger charge is -2.16. The molecule has 2 heteroatoms. The van der Waals surface area contributed by atoms with Crippen LogP contribution in [0.25, 0.3) is 0 Å². The lowest BCUT2D eigenvalue weighted by atomic mass is 10.0. The third kappa shape index (κ3) is 1.90. The van der Waals surface area contributed by atoms with Gasteiger partial charge in [0.2, 0.25) is 0 Å². The van der Waals surface area contributed by atoms with Crippen LogP contribution in [0, 0.1) is 0 Å². The molecule has 0 amide bonds. The van der Waals surface area contributed by atoms with E-state index in [0.29, 0.717) is 0 Å². The minimum Gasteiger partial charge on any atom is -0.387 e. The molecule has 1 fully saturated rings. The minimum atomic E-state index is -0.399. The van der Waals surface area contributed by atoms with E-state index in [1.165, 1.54) is 0 Å². The first-order valence-electron chi connectivity index (χ1n) is 4.77. The Morgan fingerprint density at radius 3 is 2.69 bits per heavy atom. The maximum absolute atomic E-state index is 9.93. The highest BCUT2D eigenvalue weighted by Crippen LogP contribution is 2.23. The molecule has 0 unspecified atom stereocenters. The van der Waals surface area contributed by atoms with Gasteiger partial charge in [-0.1, -0.05) is 30.3 Å². The predicted molar refractivity (Wildman–Crippen MR) is 51.4 cm³/mol. The van der Waals surface area contributed by atoms with E-state index in [0.717, 1.165) is 24.9 Å². The van der Waals surface area contributed by atoms with Crippen LogP contribution in [0.1, 0.15) is 24.5 Å². The molecule has 1 aromatic carbocycles. The molecule has 1 aliphatic rings. The van der Waals surface area contributed by atoms with Gasteiger partial charge in [-0.25, -0.2) is 5.32 Å². The molecular formula is C11H14NO. The van der Waals surface area contributed by atoms with Crippen LogP contribution in [0.15, 0.2) is 30.3 Å².